The topological polar surface area (TPSA) is 57.6 Å². The number of carboxylic acid groups (broad SMARTS) is 1. The molecule has 74 valence electrons. The monoisotopic (exact) mass is 185 g/mol. The van der Waals surface area contributed by atoms with Gasteiger partial charge in [-0.1, -0.05) is 13.8 Å². The van der Waals surface area contributed by atoms with Crippen LogP contribution in [0.4, 0.5) is 0 Å². The predicted molar refractivity (Wildman–Crippen MR) is 47.2 cm³/mol. The molecule has 1 aliphatic heterocycles. The van der Waals surface area contributed by atoms with E-state index in [2.05, 4.69) is 0 Å². The van der Waals surface area contributed by atoms with Crippen molar-refractivity contribution in [1.29, 1.82) is 0 Å². The number of hydrogen-bond donors (Lipinski definition) is 1. The van der Waals surface area contributed by atoms with E-state index < -0.39 is 5.97 Å². The molecule has 4 heteroatoms. The number of carbonyl (C=O) groups excluding carboxylic acids is 1. The maximum atomic E-state index is 11.3. The van der Waals surface area contributed by atoms with Crippen molar-refractivity contribution in [2.75, 3.05) is 13.1 Å². The highest BCUT2D eigenvalue weighted by atomic mass is 16.4. The van der Waals surface area contributed by atoms with E-state index in [9.17, 15) is 9.59 Å². The summed E-state index contributed by atoms with van der Waals surface area (Å²) in [6.45, 7) is 4.63. The largest absolute Gasteiger partial charge is 0.481 e. The van der Waals surface area contributed by atoms with E-state index in [4.69, 9.17) is 5.11 Å². The zero-order valence-corrected chi connectivity index (χ0v) is 7.99. The van der Waals surface area contributed by atoms with Crippen molar-refractivity contribution in [2.45, 2.75) is 20.3 Å². The number of hydrogen-bond acceptors (Lipinski definition) is 2. The van der Waals surface area contributed by atoms with Crippen LogP contribution in [0, 0.1) is 11.8 Å². The van der Waals surface area contributed by atoms with Gasteiger partial charge in [0.25, 0.3) is 0 Å². The van der Waals surface area contributed by atoms with Crippen LogP contribution in [0.2, 0.25) is 0 Å². The minimum atomic E-state index is -0.793. The molecule has 1 amide bonds. The van der Waals surface area contributed by atoms with Crippen molar-refractivity contribution < 1.29 is 14.7 Å². The Balaban J connectivity index is 2.59. The molecule has 0 saturated carbocycles. The van der Waals surface area contributed by atoms with E-state index in [1.807, 2.05) is 6.92 Å². The van der Waals surface area contributed by atoms with Gasteiger partial charge in [-0.3, -0.25) is 9.59 Å². The number of likely N-dealkylation sites (tertiary alicyclic amines) is 1. The van der Waals surface area contributed by atoms with E-state index >= 15 is 0 Å². The average Bonchev–Trinajstić information content (AvgIpc) is 2.46. The summed E-state index contributed by atoms with van der Waals surface area (Å²) in [5.41, 5.74) is 0. The second kappa shape index (κ2) is 3.77. The van der Waals surface area contributed by atoms with Crippen molar-refractivity contribution >= 4 is 11.9 Å². The van der Waals surface area contributed by atoms with Gasteiger partial charge in [0.05, 0.1) is 5.92 Å². The predicted octanol–water partition coefficient (Wildman–Crippen LogP) is 0.575. The molecule has 1 N–H and O–H groups in total. The minimum Gasteiger partial charge on any atom is -0.481 e. The molecule has 0 aromatic carbocycles. The highest BCUT2D eigenvalue weighted by Gasteiger charge is 2.36. The smallest absolute Gasteiger partial charge is 0.308 e. The summed E-state index contributed by atoms with van der Waals surface area (Å²) in [4.78, 5) is 23.6. The van der Waals surface area contributed by atoms with Crippen LogP contribution in [0.25, 0.3) is 0 Å². The highest BCUT2D eigenvalue weighted by Crippen LogP contribution is 2.23. The first-order valence-electron chi connectivity index (χ1n) is 4.56. The van der Waals surface area contributed by atoms with Gasteiger partial charge in [-0.2, -0.15) is 0 Å². The van der Waals surface area contributed by atoms with Crippen LogP contribution in [0.3, 0.4) is 0 Å². The van der Waals surface area contributed by atoms with Crippen molar-refractivity contribution in [3.05, 3.63) is 0 Å². The van der Waals surface area contributed by atoms with Gasteiger partial charge in [-0.05, 0) is 5.92 Å². The molecule has 2 atom stereocenters. The van der Waals surface area contributed by atoms with E-state index in [0.29, 0.717) is 19.5 Å². The van der Waals surface area contributed by atoms with Crippen LogP contribution in [0.1, 0.15) is 20.3 Å². The number of carboxylic acids is 1. The minimum absolute atomic E-state index is 0.0515. The first kappa shape index (κ1) is 10.0. The molecule has 0 bridgehead atoms. The Hall–Kier alpha value is -1.06. The maximum Gasteiger partial charge on any atom is 0.308 e. The third-order valence-corrected chi connectivity index (χ3v) is 2.58. The van der Waals surface area contributed by atoms with E-state index in [-0.39, 0.29) is 17.7 Å². The van der Waals surface area contributed by atoms with Crippen molar-refractivity contribution in [3.8, 4) is 0 Å². The van der Waals surface area contributed by atoms with Gasteiger partial charge >= 0.3 is 5.97 Å². The fraction of sp³-hybridized carbons (Fsp3) is 0.778. The first-order valence-corrected chi connectivity index (χ1v) is 4.56. The lowest BCUT2D eigenvalue weighted by atomic mass is 9.99. The molecule has 1 heterocycles. The molecule has 13 heavy (non-hydrogen) atoms. The second-order valence-electron chi connectivity index (χ2n) is 3.57. The third kappa shape index (κ3) is 1.99. The summed E-state index contributed by atoms with van der Waals surface area (Å²) in [6, 6.07) is 0. The zero-order chi connectivity index (χ0) is 10.0. The SMILES string of the molecule is CCC(=O)N1C[C@@H](C)[C@H](C(=O)O)C1. The second-order valence-corrected chi connectivity index (χ2v) is 3.57. The molecule has 1 rings (SSSR count). The summed E-state index contributed by atoms with van der Waals surface area (Å²) >= 11 is 0. The number of amides is 1. The summed E-state index contributed by atoms with van der Waals surface area (Å²) in [6.07, 6.45) is 0.457. The van der Waals surface area contributed by atoms with Crippen molar-refractivity contribution in [1.82, 2.24) is 4.90 Å². The lowest BCUT2D eigenvalue weighted by Crippen LogP contribution is -2.29. The summed E-state index contributed by atoms with van der Waals surface area (Å²) in [5.74, 6) is -1.04. The zero-order valence-electron chi connectivity index (χ0n) is 7.99. The van der Waals surface area contributed by atoms with E-state index in [1.165, 1.54) is 0 Å². The molecular formula is C9H15NO3. The Morgan fingerprint density at radius 3 is 2.46 bits per heavy atom. The quantitative estimate of drug-likeness (QED) is 0.684. The van der Waals surface area contributed by atoms with Crippen LogP contribution < -0.4 is 0 Å². The van der Waals surface area contributed by atoms with Crippen molar-refractivity contribution in [2.24, 2.45) is 11.8 Å². The lowest BCUT2D eigenvalue weighted by Gasteiger charge is -2.13. The number of nitrogens with zero attached hydrogens (tertiary/aromatic N) is 1. The standard InChI is InChI=1S/C9H15NO3/c1-3-8(11)10-4-6(2)7(5-10)9(12)13/h6-7H,3-5H2,1-2H3,(H,12,13)/t6-,7-/m1/s1. The fourth-order valence-electron chi connectivity index (χ4n) is 1.72. The molecule has 0 aliphatic carbocycles. The molecular weight excluding hydrogens is 170 g/mol. The van der Waals surface area contributed by atoms with Gasteiger partial charge in [-0.15, -0.1) is 0 Å². The maximum absolute atomic E-state index is 11.3. The molecule has 0 aromatic rings. The van der Waals surface area contributed by atoms with Gasteiger partial charge in [0.2, 0.25) is 5.91 Å². The summed E-state index contributed by atoms with van der Waals surface area (Å²) in [5, 5.41) is 8.82. The highest BCUT2D eigenvalue weighted by molar-refractivity contribution is 5.78. The van der Waals surface area contributed by atoms with Crippen LogP contribution in [-0.4, -0.2) is 35.0 Å². The number of aliphatic carboxylic acids is 1. The molecule has 1 saturated heterocycles. The van der Waals surface area contributed by atoms with E-state index in [1.54, 1.807) is 11.8 Å². The van der Waals surface area contributed by atoms with Crippen LogP contribution in [0.15, 0.2) is 0 Å². The van der Waals surface area contributed by atoms with Gasteiger partial charge in [0.1, 0.15) is 0 Å². The summed E-state index contributed by atoms with van der Waals surface area (Å²) < 4.78 is 0. The normalized spacial score (nSPS) is 27.7. The number of carbonyl (C=O) groups is 2. The van der Waals surface area contributed by atoms with Crippen LogP contribution in [-0.2, 0) is 9.59 Å². The lowest BCUT2D eigenvalue weighted by molar-refractivity contribution is -0.142. The van der Waals surface area contributed by atoms with Gasteiger partial charge in [-0.25, -0.2) is 0 Å². The third-order valence-electron chi connectivity index (χ3n) is 2.58. The van der Waals surface area contributed by atoms with Gasteiger partial charge in [0, 0.05) is 19.5 Å². The van der Waals surface area contributed by atoms with Crippen molar-refractivity contribution in [3.63, 3.8) is 0 Å². The Morgan fingerprint density at radius 2 is 2.08 bits per heavy atom. The molecule has 0 radical (unpaired) electrons. The Morgan fingerprint density at radius 1 is 1.46 bits per heavy atom. The fourth-order valence-corrected chi connectivity index (χ4v) is 1.72. The molecule has 1 aliphatic rings. The van der Waals surface area contributed by atoms with Crippen LogP contribution in [0.5, 0.6) is 0 Å². The Bertz CT molecular complexity index is 227. The van der Waals surface area contributed by atoms with E-state index in [0.717, 1.165) is 0 Å². The van der Waals surface area contributed by atoms with Crippen LogP contribution >= 0.6 is 0 Å². The molecule has 0 spiro atoms. The Labute approximate surface area is 77.5 Å². The first-order chi connectivity index (χ1) is 6.06. The molecule has 4 nitrogen and oxygen atoms in total. The number of rotatable bonds is 2. The van der Waals surface area contributed by atoms with Gasteiger partial charge < -0.3 is 10.0 Å². The Kier molecular flexibility index (Phi) is 2.90. The molecule has 1 fully saturated rings. The van der Waals surface area contributed by atoms with Gasteiger partial charge in [0.15, 0.2) is 0 Å². The molecule has 0 aromatic heterocycles. The average molecular weight is 185 g/mol. The summed E-state index contributed by atoms with van der Waals surface area (Å²) in [7, 11) is 0. The molecule has 0 unspecified atom stereocenters.